The third-order valence-electron chi connectivity index (χ3n) is 2.74. The Balaban J connectivity index is 1.69. The van der Waals surface area contributed by atoms with Crippen LogP contribution in [-0.2, 0) is 6.61 Å². The number of rotatable bonds is 4. The fourth-order valence-electron chi connectivity index (χ4n) is 1.72. The third kappa shape index (κ3) is 2.77. The van der Waals surface area contributed by atoms with Gasteiger partial charge in [0.15, 0.2) is 6.61 Å². The number of aromatic nitrogens is 2. The fraction of sp³-hybridized carbons (Fsp3) is 0.0667. The van der Waals surface area contributed by atoms with E-state index in [-0.39, 0.29) is 6.61 Å². The molecule has 3 aromatic rings. The summed E-state index contributed by atoms with van der Waals surface area (Å²) in [5.74, 6) is 1.73. The molecule has 0 spiro atoms. The van der Waals surface area contributed by atoms with Crippen LogP contribution in [0.25, 0.3) is 11.5 Å². The molecule has 0 amide bonds. The Morgan fingerprint density at radius 2 is 1.75 bits per heavy atom. The van der Waals surface area contributed by atoms with Crippen molar-refractivity contribution in [2.45, 2.75) is 6.61 Å². The van der Waals surface area contributed by atoms with E-state index in [9.17, 15) is 0 Å². The number of benzene rings is 2. The van der Waals surface area contributed by atoms with Gasteiger partial charge in [-0.3, -0.25) is 0 Å². The molecule has 0 aliphatic heterocycles. The standard InChI is InChI=1S/C15H13N3O2/c16-12-8-6-11(7-9-12)15-17-14(18-20-15)10-19-13-4-2-1-3-5-13/h1-9H,10,16H2. The molecule has 0 unspecified atom stereocenters. The minimum Gasteiger partial charge on any atom is -0.485 e. The minimum atomic E-state index is 0.266. The second-order valence-electron chi connectivity index (χ2n) is 4.24. The molecular weight excluding hydrogens is 254 g/mol. The van der Waals surface area contributed by atoms with Crippen molar-refractivity contribution in [1.82, 2.24) is 10.1 Å². The Labute approximate surface area is 116 Å². The molecule has 0 fully saturated rings. The smallest absolute Gasteiger partial charge is 0.258 e. The molecular formula is C15H13N3O2. The summed E-state index contributed by atoms with van der Waals surface area (Å²) in [7, 11) is 0. The quantitative estimate of drug-likeness (QED) is 0.736. The van der Waals surface area contributed by atoms with Crippen LogP contribution in [0.4, 0.5) is 5.69 Å². The summed E-state index contributed by atoms with van der Waals surface area (Å²) >= 11 is 0. The van der Waals surface area contributed by atoms with E-state index < -0.39 is 0 Å². The van der Waals surface area contributed by atoms with E-state index >= 15 is 0 Å². The first-order valence-corrected chi connectivity index (χ1v) is 6.17. The van der Waals surface area contributed by atoms with Crippen molar-refractivity contribution in [2.75, 3.05) is 5.73 Å². The van der Waals surface area contributed by atoms with Gasteiger partial charge in [0.1, 0.15) is 5.75 Å². The second kappa shape index (κ2) is 5.44. The highest BCUT2D eigenvalue weighted by Gasteiger charge is 2.09. The SMILES string of the molecule is Nc1ccc(-c2nc(COc3ccccc3)no2)cc1. The van der Waals surface area contributed by atoms with Crippen LogP contribution in [0.3, 0.4) is 0 Å². The topological polar surface area (TPSA) is 74.2 Å². The maximum atomic E-state index is 5.64. The van der Waals surface area contributed by atoms with Gasteiger partial charge in [0.25, 0.3) is 5.89 Å². The van der Waals surface area contributed by atoms with Crippen LogP contribution in [-0.4, -0.2) is 10.1 Å². The lowest BCUT2D eigenvalue weighted by molar-refractivity contribution is 0.287. The predicted molar refractivity (Wildman–Crippen MR) is 74.9 cm³/mol. The van der Waals surface area contributed by atoms with Crippen molar-refractivity contribution in [3.05, 3.63) is 60.4 Å². The third-order valence-corrected chi connectivity index (χ3v) is 2.74. The van der Waals surface area contributed by atoms with Gasteiger partial charge < -0.3 is 15.0 Å². The highest BCUT2D eigenvalue weighted by Crippen LogP contribution is 2.19. The van der Waals surface area contributed by atoms with Gasteiger partial charge in [-0.2, -0.15) is 4.98 Å². The molecule has 100 valence electrons. The van der Waals surface area contributed by atoms with Crippen molar-refractivity contribution in [3.63, 3.8) is 0 Å². The van der Waals surface area contributed by atoms with Gasteiger partial charge in [0.2, 0.25) is 5.82 Å². The molecule has 2 aromatic carbocycles. The number of hydrogen-bond donors (Lipinski definition) is 1. The molecule has 1 aromatic heterocycles. The fourth-order valence-corrected chi connectivity index (χ4v) is 1.72. The molecule has 3 rings (SSSR count). The maximum absolute atomic E-state index is 5.64. The van der Waals surface area contributed by atoms with Gasteiger partial charge in [-0.05, 0) is 36.4 Å². The summed E-state index contributed by atoms with van der Waals surface area (Å²) in [5.41, 5.74) is 7.16. The van der Waals surface area contributed by atoms with E-state index in [0.29, 0.717) is 17.4 Å². The van der Waals surface area contributed by atoms with Crippen molar-refractivity contribution in [3.8, 4) is 17.2 Å². The maximum Gasteiger partial charge on any atom is 0.258 e. The van der Waals surface area contributed by atoms with Crippen LogP contribution in [0, 0.1) is 0 Å². The van der Waals surface area contributed by atoms with Gasteiger partial charge in [0.05, 0.1) is 0 Å². The Kier molecular flexibility index (Phi) is 3.33. The molecule has 0 bridgehead atoms. The lowest BCUT2D eigenvalue weighted by Crippen LogP contribution is -1.97. The molecule has 20 heavy (non-hydrogen) atoms. The Morgan fingerprint density at radius 3 is 2.50 bits per heavy atom. The van der Waals surface area contributed by atoms with E-state index in [1.165, 1.54) is 0 Å². The first kappa shape index (κ1) is 12.2. The van der Waals surface area contributed by atoms with Crippen LogP contribution in [0.15, 0.2) is 59.1 Å². The molecule has 0 radical (unpaired) electrons. The van der Waals surface area contributed by atoms with E-state index in [2.05, 4.69) is 10.1 Å². The summed E-state index contributed by atoms with van der Waals surface area (Å²) in [6.45, 7) is 0.266. The van der Waals surface area contributed by atoms with Gasteiger partial charge in [-0.25, -0.2) is 0 Å². The van der Waals surface area contributed by atoms with Crippen molar-refractivity contribution < 1.29 is 9.26 Å². The van der Waals surface area contributed by atoms with Crippen LogP contribution < -0.4 is 10.5 Å². The number of nitrogens with zero attached hydrogens (tertiary/aromatic N) is 2. The van der Waals surface area contributed by atoms with E-state index in [4.69, 9.17) is 15.0 Å². The highest BCUT2D eigenvalue weighted by molar-refractivity contribution is 5.56. The summed E-state index contributed by atoms with van der Waals surface area (Å²) in [6, 6.07) is 16.8. The van der Waals surface area contributed by atoms with E-state index in [1.807, 2.05) is 42.5 Å². The van der Waals surface area contributed by atoms with Crippen molar-refractivity contribution >= 4 is 5.69 Å². The molecule has 0 saturated heterocycles. The Bertz CT molecular complexity index is 678. The normalized spacial score (nSPS) is 10.4. The molecule has 0 saturated carbocycles. The molecule has 5 nitrogen and oxygen atoms in total. The van der Waals surface area contributed by atoms with Gasteiger partial charge in [0, 0.05) is 11.3 Å². The number of para-hydroxylation sites is 1. The Hall–Kier alpha value is -2.82. The number of hydrogen-bond acceptors (Lipinski definition) is 5. The number of ether oxygens (including phenoxy) is 1. The van der Waals surface area contributed by atoms with E-state index in [0.717, 1.165) is 11.3 Å². The molecule has 1 heterocycles. The first-order chi connectivity index (χ1) is 9.81. The largest absolute Gasteiger partial charge is 0.485 e. The molecule has 0 aliphatic carbocycles. The second-order valence-corrected chi connectivity index (χ2v) is 4.24. The summed E-state index contributed by atoms with van der Waals surface area (Å²) in [4.78, 5) is 4.28. The summed E-state index contributed by atoms with van der Waals surface area (Å²) in [5, 5.41) is 3.89. The lowest BCUT2D eigenvalue weighted by atomic mass is 10.2. The minimum absolute atomic E-state index is 0.266. The predicted octanol–water partition coefficient (Wildman–Crippen LogP) is 2.90. The summed E-state index contributed by atoms with van der Waals surface area (Å²) in [6.07, 6.45) is 0. The van der Waals surface area contributed by atoms with Crippen LogP contribution in [0.1, 0.15) is 5.82 Å². The van der Waals surface area contributed by atoms with Crippen LogP contribution >= 0.6 is 0 Å². The van der Waals surface area contributed by atoms with Crippen LogP contribution in [0.5, 0.6) is 5.75 Å². The van der Waals surface area contributed by atoms with E-state index in [1.54, 1.807) is 12.1 Å². The first-order valence-electron chi connectivity index (χ1n) is 6.17. The lowest BCUT2D eigenvalue weighted by Gasteiger charge is -2.01. The van der Waals surface area contributed by atoms with Crippen molar-refractivity contribution in [1.29, 1.82) is 0 Å². The Morgan fingerprint density at radius 1 is 1.00 bits per heavy atom. The zero-order valence-corrected chi connectivity index (χ0v) is 10.7. The van der Waals surface area contributed by atoms with Gasteiger partial charge >= 0.3 is 0 Å². The zero-order chi connectivity index (χ0) is 13.8. The molecule has 5 heteroatoms. The molecule has 2 N–H and O–H groups in total. The molecule has 0 aliphatic rings. The van der Waals surface area contributed by atoms with Gasteiger partial charge in [-0.15, -0.1) is 0 Å². The monoisotopic (exact) mass is 267 g/mol. The van der Waals surface area contributed by atoms with Crippen LogP contribution in [0.2, 0.25) is 0 Å². The zero-order valence-electron chi connectivity index (χ0n) is 10.7. The molecule has 0 atom stereocenters. The van der Waals surface area contributed by atoms with Crippen molar-refractivity contribution in [2.24, 2.45) is 0 Å². The average molecular weight is 267 g/mol. The summed E-state index contributed by atoms with van der Waals surface area (Å²) < 4.78 is 10.8. The number of nitrogen functional groups attached to an aromatic ring is 1. The number of nitrogens with two attached hydrogens (primary N) is 1. The van der Waals surface area contributed by atoms with Gasteiger partial charge in [-0.1, -0.05) is 23.4 Å². The average Bonchev–Trinajstić information content (AvgIpc) is 2.96. The number of anilines is 1. The highest BCUT2D eigenvalue weighted by atomic mass is 16.5.